The molecule has 0 aliphatic heterocycles. The maximum Gasteiger partial charge on any atom is 0.335 e. The lowest BCUT2D eigenvalue weighted by Gasteiger charge is -2.14. The van der Waals surface area contributed by atoms with Gasteiger partial charge in [0.2, 0.25) is 5.91 Å². The zero-order valence-corrected chi connectivity index (χ0v) is 13.9. The van der Waals surface area contributed by atoms with Gasteiger partial charge in [-0.3, -0.25) is 14.8 Å². The van der Waals surface area contributed by atoms with E-state index < -0.39 is 23.8 Å². The summed E-state index contributed by atoms with van der Waals surface area (Å²) in [6, 6.07) is 6.23. The first-order chi connectivity index (χ1) is 11.3. The quantitative estimate of drug-likeness (QED) is 0.248. The predicted molar refractivity (Wildman–Crippen MR) is 89.4 cm³/mol. The average Bonchev–Trinajstić information content (AvgIpc) is 2.53. The second kappa shape index (κ2) is 9.94. The van der Waals surface area contributed by atoms with E-state index in [4.69, 9.17) is 10.3 Å². The average molecular weight is 355 g/mol. The molecule has 8 heteroatoms. The van der Waals surface area contributed by atoms with Crippen LogP contribution in [0.2, 0.25) is 0 Å². The van der Waals surface area contributed by atoms with Gasteiger partial charge < -0.3 is 10.2 Å². The number of amides is 1. The van der Waals surface area contributed by atoms with Crippen LogP contribution in [0.5, 0.6) is 0 Å². The Labute approximate surface area is 145 Å². The summed E-state index contributed by atoms with van der Waals surface area (Å²) >= 11 is 4.23. The molecule has 1 amide bonds. The van der Waals surface area contributed by atoms with Crippen molar-refractivity contribution in [1.29, 1.82) is 0 Å². The molecule has 24 heavy (non-hydrogen) atoms. The summed E-state index contributed by atoms with van der Waals surface area (Å²) in [7, 11) is 0. The molecular formula is C16H21NO6S. The summed E-state index contributed by atoms with van der Waals surface area (Å²) in [5.41, 5.74) is 2.31. The van der Waals surface area contributed by atoms with E-state index in [1.54, 1.807) is 12.1 Å². The van der Waals surface area contributed by atoms with Crippen LogP contribution in [-0.4, -0.2) is 38.5 Å². The van der Waals surface area contributed by atoms with Crippen molar-refractivity contribution in [3.63, 3.8) is 0 Å². The van der Waals surface area contributed by atoms with Crippen molar-refractivity contribution in [2.75, 3.05) is 0 Å². The summed E-state index contributed by atoms with van der Waals surface area (Å²) < 4.78 is 0. The molecule has 0 aromatic heterocycles. The van der Waals surface area contributed by atoms with E-state index in [9.17, 15) is 19.5 Å². The third-order valence-corrected chi connectivity index (χ3v) is 4.08. The molecule has 0 bridgehead atoms. The van der Waals surface area contributed by atoms with E-state index in [1.165, 1.54) is 17.6 Å². The predicted octanol–water partition coefficient (Wildman–Crippen LogP) is 1.99. The minimum Gasteiger partial charge on any atom is -0.481 e. The molecular weight excluding hydrogens is 334 g/mol. The first-order valence-electron chi connectivity index (χ1n) is 7.49. The van der Waals surface area contributed by atoms with Gasteiger partial charge in [0.05, 0.1) is 11.5 Å². The second-order valence-electron chi connectivity index (χ2n) is 5.57. The van der Waals surface area contributed by atoms with Gasteiger partial charge in [-0.1, -0.05) is 18.6 Å². The summed E-state index contributed by atoms with van der Waals surface area (Å²) in [6.07, 6.45) is 1.78. The number of hydrogen-bond acceptors (Lipinski definition) is 5. The van der Waals surface area contributed by atoms with Crippen molar-refractivity contribution in [1.82, 2.24) is 5.48 Å². The maximum absolute atomic E-state index is 11.4. The minimum atomic E-state index is -1.05. The summed E-state index contributed by atoms with van der Waals surface area (Å²) in [4.78, 5) is 33.4. The fourth-order valence-corrected chi connectivity index (χ4v) is 2.74. The van der Waals surface area contributed by atoms with Crippen LogP contribution in [-0.2, 0) is 16.0 Å². The molecule has 7 nitrogen and oxygen atoms in total. The first-order valence-corrected chi connectivity index (χ1v) is 8.01. The van der Waals surface area contributed by atoms with Crippen molar-refractivity contribution in [3.8, 4) is 0 Å². The molecule has 2 unspecified atom stereocenters. The van der Waals surface area contributed by atoms with Crippen LogP contribution in [0.3, 0.4) is 0 Å². The minimum absolute atomic E-state index is 0.0536. The molecule has 132 valence electrons. The zero-order valence-electron chi connectivity index (χ0n) is 13.0. The fraction of sp³-hybridized carbons (Fsp3) is 0.438. The van der Waals surface area contributed by atoms with Gasteiger partial charge in [0.15, 0.2) is 0 Å². The molecule has 0 aliphatic carbocycles. The van der Waals surface area contributed by atoms with Gasteiger partial charge in [-0.05, 0) is 37.0 Å². The molecule has 0 aliphatic rings. The highest BCUT2D eigenvalue weighted by Gasteiger charge is 2.19. The fourth-order valence-electron chi connectivity index (χ4n) is 2.39. The second-order valence-corrected chi connectivity index (χ2v) is 6.30. The Hall–Kier alpha value is -2.06. The number of aliphatic carboxylic acids is 1. The molecule has 1 aromatic carbocycles. The van der Waals surface area contributed by atoms with Gasteiger partial charge in [0, 0.05) is 11.7 Å². The highest BCUT2D eigenvalue weighted by molar-refractivity contribution is 7.81. The number of carboxylic acids is 2. The van der Waals surface area contributed by atoms with Crippen LogP contribution in [0.25, 0.3) is 0 Å². The Kier molecular flexibility index (Phi) is 8.28. The number of rotatable bonds is 10. The van der Waals surface area contributed by atoms with Crippen molar-refractivity contribution in [2.24, 2.45) is 5.92 Å². The smallest absolute Gasteiger partial charge is 0.335 e. The van der Waals surface area contributed by atoms with Gasteiger partial charge in [0.25, 0.3) is 0 Å². The molecule has 0 radical (unpaired) electrons. The van der Waals surface area contributed by atoms with E-state index in [2.05, 4.69) is 12.6 Å². The lowest BCUT2D eigenvalue weighted by Crippen LogP contribution is -2.22. The Morgan fingerprint density at radius 1 is 1.17 bits per heavy atom. The Balaban J connectivity index is 2.56. The van der Waals surface area contributed by atoms with Crippen LogP contribution in [0.15, 0.2) is 24.3 Å². The van der Waals surface area contributed by atoms with Gasteiger partial charge >= 0.3 is 11.9 Å². The number of carboxylic acid groups (broad SMARTS) is 2. The van der Waals surface area contributed by atoms with Crippen LogP contribution in [0.4, 0.5) is 0 Å². The lowest BCUT2D eigenvalue weighted by molar-refractivity contribution is -0.142. The Morgan fingerprint density at radius 3 is 2.46 bits per heavy atom. The number of aromatic carboxylic acids is 1. The van der Waals surface area contributed by atoms with Gasteiger partial charge in [0.1, 0.15) is 0 Å². The molecule has 0 spiro atoms. The number of hydrogen-bond donors (Lipinski definition) is 5. The van der Waals surface area contributed by atoms with E-state index in [-0.39, 0.29) is 23.7 Å². The van der Waals surface area contributed by atoms with Crippen molar-refractivity contribution in [2.45, 2.75) is 37.4 Å². The van der Waals surface area contributed by atoms with Gasteiger partial charge in [-0.15, -0.1) is 0 Å². The first kappa shape index (κ1) is 20.0. The topological polar surface area (TPSA) is 124 Å². The standard InChI is InChI=1S/C16H21NO6S/c18-14(17-23)9-13(24)6-2-5-12(16(21)22)8-10-3-1-4-11(7-10)15(19)20/h1,3-4,7,12-13,23-24H,2,5-6,8-9H2,(H,17,18)(H,19,20)(H,21,22). The molecule has 1 rings (SSSR count). The van der Waals surface area contributed by atoms with E-state index in [0.29, 0.717) is 24.8 Å². The van der Waals surface area contributed by atoms with Crippen LogP contribution in [0.1, 0.15) is 41.6 Å². The van der Waals surface area contributed by atoms with Crippen LogP contribution in [0, 0.1) is 5.92 Å². The normalized spacial score (nSPS) is 13.1. The number of carbonyl (C=O) groups excluding carboxylic acids is 1. The van der Waals surface area contributed by atoms with Crippen molar-refractivity contribution < 1.29 is 29.8 Å². The number of nitrogens with one attached hydrogen (secondary N) is 1. The molecule has 0 saturated carbocycles. The van der Waals surface area contributed by atoms with Gasteiger partial charge in [-0.2, -0.15) is 12.6 Å². The molecule has 0 heterocycles. The molecule has 2 atom stereocenters. The van der Waals surface area contributed by atoms with E-state index >= 15 is 0 Å². The lowest BCUT2D eigenvalue weighted by atomic mass is 9.93. The van der Waals surface area contributed by atoms with Gasteiger partial charge in [-0.25, -0.2) is 10.3 Å². The summed E-state index contributed by atoms with van der Waals surface area (Å²) in [5.74, 6) is -3.17. The SMILES string of the molecule is O=C(CC(S)CCCC(Cc1cccc(C(=O)O)c1)C(=O)O)NO. The van der Waals surface area contributed by atoms with E-state index in [1.807, 2.05) is 0 Å². The highest BCUT2D eigenvalue weighted by Crippen LogP contribution is 2.19. The monoisotopic (exact) mass is 355 g/mol. The van der Waals surface area contributed by atoms with Crippen LogP contribution >= 0.6 is 12.6 Å². The number of carbonyl (C=O) groups is 3. The third-order valence-electron chi connectivity index (χ3n) is 3.64. The summed E-state index contributed by atoms with van der Waals surface area (Å²) in [6.45, 7) is 0. The molecule has 1 aromatic rings. The molecule has 0 fully saturated rings. The van der Waals surface area contributed by atoms with Crippen molar-refractivity contribution >= 4 is 30.5 Å². The Bertz CT molecular complexity index is 592. The summed E-state index contributed by atoms with van der Waals surface area (Å²) in [5, 5.41) is 26.5. The highest BCUT2D eigenvalue weighted by atomic mass is 32.1. The molecule has 4 N–H and O–H groups in total. The maximum atomic E-state index is 11.4. The largest absolute Gasteiger partial charge is 0.481 e. The molecule has 0 saturated heterocycles. The van der Waals surface area contributed by atoms with E-state index in [0.717, 1.165) is 0 Å². The number of thiol groups is 1. The number of benzene rings is 1. The number of hydroxylamine groups is 1. The van der Waals surface area contributed by atoms with Crippen LogP contribution < -0.4 is 5.48 Å². The third kappa shape index (κ3) is 7.01. The Morgan fingerprint density at radius 2 is 1.88 bits per heavy atom. The van der Waals surface area contributed by atoms with Crippen molar-refractivity contribution in [3.05, 3.63) is 35.4 Å². The zero-order chi connectivity index (χ0) is 18.1.